The van der Waals surface area contributed by atoms with E-state index in [1.165, 1.54) is 0 Å². The maximum absolute atomic E-state index is 12.1. The van der Waals surface area contributed by atoms with Crippen molar-refractivity contribution in [2.75, 3.05) is 0 Å². The number of halogens is 1. The normalized spacial score (nSPS) is 27.1. The zero-order valence-corrected chi connectivity index (χ0v) is 12.8. The number of rotatable bonds is 3. The summed E-state index contributed by atoms with van der Waals surface area (Å²) in [4.78, 5) is 27.4. The average Bonchev–Trinajstić information content (AvgIpc) is 3.03. The largest absolute Gasteiger partial charge is 0.481 e. The number of amides is 1. The Morgan fingerprint density at radius 2 is 2.21 bits per heavy atom. The highest BCUT2D eigenvalue weighted by Gasteiger charge is 2.50. The van der Waals surface area contributed by atoms with E-state index >= 15 is 0 Å². The third-order valence-electron chi connectivity index (χ3n) is 3.79. The number of carbonyl (C=O) groups excluding carboxylic acids is 1. The summed E-state index contributed by atoms with van der Waals surface area (Å²) in [5, 5.41) is 9.37. The van der Waals surface area contributed by atoms with Crippen LogP contribution in [0.1, 0.15) is 35.1 Å². The van der Waals surface area contributed by atoms with Gasteiger partial charge < -0.3 is 10.0 Å². The van der Waals surface area contributed by atoms with Crippen molar-refractivity contribution in [3.63, 3.8) is 0 Å². The third kappa shape index (κ3) is 2.21. The zero-order chi connectivity index (χ0) is 13.7. The van der Waals surface area contributed by atoms with Gasteiger partial charge in [-0.15, -0.1) is 11.3 Å². The van der Waals surface area contributed by atoms with Crippen molar-refractivity contribution in [2.24, 2.45) is 5.92 Å². The summed E-state index contributed by atoms with van der Waals surface area (Å²) >= 11 is 5.05. The van der Waals surface area contributed by atoms with Crippen LogP contribution in [0.4, 0.5) is 0 Å². The van der Waals surface area contributed by atoms with E-state index in [0.29, 0.717) is 0 Å². The number of carbonyl (C=O) groups is 2. The van der Waals surface area contributed by atoms with Gasteiger partial charge in [-0.3, -0.25) is 9.59 Å². The Hall–Kier alpha value is -0.880. The second-order valence-electron chi connectivity index (χ2n) is 5.18. The first-order valence-corrected chi connectivity index (χ1v) is 7.89. The van der Waals surface area contributed by atoms with Gasteiger partial charge in [0.25, 0.3) is 0 Å². The van der Waals surface area contributed by atoms with Crippen molar-refractivity contribution in [1.29, 1.82) is 0 Å². The molecule has 6 heteroatoms. The van der Waals surface area contributed by atoms with Gasteiger partial charge in [0.1, 0.15) is 0 Å². The van der Waals surface area contributed by atoms with Crippen molar-refractivity contribution >= 4 is 39.1 Å². The Balaban J connectivity index is 2.01. The molecule has 1 saturated heterocycles. The number of aliphatic carboxylic acids is 1. The Labute approximate surface area is 123 Å². The maximum atomic E-state index is 12.1. The molecule has 1 aliphatic heterocycles. The molecule has 2 fully saturated rings. The van der Waals surface area contributed by atoms with Gasteiger partial charge in [-0.25, -0.2) is 0 Å². The third-order valence-corrected chi connectivity index (χ3v) is 6.00. The molecule has 2 heterocycles. The first-order chi connectivity index (χ1) is 8.99. The van der Waals surface area contributed by atoms with E-state index < -0.39 is 11.9 Å². The number of carboxylic acids is 1. The fraction of sp³-hybridized carbons (Fsp3) is 0.538. The Bertz CT molecular complexity index is 533. The number of thiophene rings is 1. The molecular weight excluding hydrogens is 330 g/mol. The van der Waals surface area contributed by atoms with Crippen LogP contribution in [0, 0.1) is 12.8 Å². The second kappa shape index (κ2) is 4.59. The van der Waals surface area contributed by atoms with E-state index in [2.05, 4.69) is 15.9 Å². The molecule has 0 radical (unpaired) electrons. The Morgan fingerprint density at radius 1 is 1.53 bits per heavy atom. The highest BCUT2D eigenvalue weighted by molar-refractivity contribution is 9.10. The number of carboxylic acid groups (broad SMARTS) is 1. The molecule has 2 aliphatic rings. The molecule has 0 spiro atoms. The fourth-order valence-corrected chi connectivity index (χ4v) is 4.45. The minimum Gasteiger partial charge on any atom is -0.481 e. The van der Waals surface area contributed by atoms with Crippen LogP contribution in [-0.2, 0) is 9.59 Å². The van der Waals surface area contributed by atoms with Crippen LogP contribution >= 0.6 is 27.3 Å². The van der Waals surface area contributed by atoms with Gasteiger partial charge in [-0.05, 0) is 41.8 Å². The lowest BCUT2D eigenvalue weighted by molar-refractivity contribution is -0.142. The van der Waals surface area contributed by atoms with Crippen molar-refractivity contribution in [3.8, 4) is 0 Å². The minimum absolute atomic E-state index is 0.0120. The quantitative estimate of drug-likeness (QED) is 0.917. The minimum atomic E-state index is -0.872. The average molecular weight is 344 g/mol. The molecule has 0 aromatic carbocycles. The number of hydrogen-bond donors (Lipinski definition) is 1. The van der Waals surface area contributed by atoms with Crippen LogP contribution < -0.4 is 0 Å². The fourth-order valence-electron chi connectivity index (χ4n) is 2.72. The predicted octanol–water partition coefficient (Wildman–Crippen LogP) is 2.96. The van der Waals surface area contributed by atoms with Crippen LogP contribution in [0.15, 0.2) is 10.5 Å². The van der Waals surface area contributed by atoms with E-state index in [1.54, 1.807) is 11.3 Å². The first kappa shape index (κ1) is 13.1. The lowest BCUT2D eigenvalue weighted by Crippen LogP contribution is -2.31. The zero-order valence-electron chi connectivity index (χ0n) is 10.4. The van der Waals surface area contributed by atoms with Gasteiger partial charge >= 0.3 is 5.97 Å². The molecule has 0 bridgehead atoms. The van der Waals surface area contributed by atoms with Gasteiger partial charge in [-0.2, -0.15) is 0 Å². The van der Waals surface area contributed by atoms with Gasteiger partial charge in [0.15, 0.2) is 0 Å². The van der Waals surface area contributed by atoms with E-state index in [4.69, 9.17) is 0 Å². The molecule has 1 aliphatic carbocycles. The molecule has 102 valence electrons. The lowest BCUT2D eigenvalue weighted by Gasteiger charge is -2.25. The van der Waals surface area contributed by atoms with Crippen LogP contribution in [0.2, 0.25) is 0 Å². The van der Waals surface area contributed by atoms with E-state index in [-0.39, 0.29) is 24.4 Å². The van der Waals surface area contributed by atoms with E-state index in [1.807, 2.05) is 17.9 Å². The number of aryl methyl sites for hydroxylation is 1. The molecule has 19 heavy (non-hydrogen) atoms. The molecule has 1 N–H and O–H groups in total. The van der Waals surface area contributed by atoms with Gasteiger partial charge in [0.2, 0.25) is 5.91 Å². The van der Waals surface area contributed by atoms with Crippen molar-refractivity contribution in [1.82, 2.24) is 4.90 Å². The topological polar surface area (TPSA) is 57.6 Å². The summed E-state index contributed by atoms with van der Waals surface area (Å²) in [6.45, 7) is 1.99. The van der Waals surface area contributed by atoms with Crippen LogP contribution in [-0.4, -0.2) is 27.9 Å². The molecule has 1 aromatic rings. The molecular formula is C13H14BrNO3S. The summed E-state index contributed by atoms with van der Waals surface area (Å²) < 4.78 is 0.992. The summed E-state index contributed by atoms with van der Waals surface area (Å²) in [7, 11) is 0. The van der Waals surface area contributed by atoms with Crippen molar-refractivity contribution < 1.29 is 14.7 Å². The molecule has 2 atom stereocenters. The summed E-state index contributed by atoms with van der Waals surface area (Å²) in [6, 6.07) is 1.93. The highest BCUT2D eigenvalue weighted by Crippen LogP contribution is 2.47. The van der Waals surface area contributed by atoms with Gasteiger partial charge in [0.05, 0.1) is 12.0 Å². The molecule has 1 aromatic heterocycles. The Kier molecular flexibility index (Phi) is 3.17. The van der Waals surface area contributed by atoms with Crippen molar-refractivity contribution in [3.05, 3.63) is 20.3 Å². The second-order valence-corrected chi connectivity index (χ2v) is 7.32. The molecule has 1 saturated carbocycles. The molecule has 2 unspecified atom stereocenters. The lowest BCUT2D eigenvalue weighted by atomic mass is 9.99. The standard InChI is InChI=1S/C13H14BrNO3S/c1-6-9(14)5-10(19-6)12-8(13(17)18)4-11(16)15(12)7-2-3-7/h5,7-8,12H,2-4H2,1H3,(H,17,18). The summed E-state index contributed by atoms with van der Waals surface area (Å²) in [5.41, 5.74) is 0. The first-order valence-electron chi connectivity index (χ1n) is 6.29. The van der Waals surface area contributed by atoms with Gasteiger partial charge in [-0.1, -0.05) is 0 Å². The number of likely N-dealkylation sites (tertiary alicyclic amines) is 1. The van der Waals surface area contributed by atoms with E-state index in [9.17, 15) is 14.7 Å². The highest BCUT2D eigenvalue weighted by atomic mass is 79.9. The molecule has 4 nitrogen and oxygen atoms in total. The van der Waals surface area contributed by atoms with E-state index in [0.717, 1.165) is 27.1 Å². The van der Waals surface area contributed by atoms with Gasteiger partial charge in [0, 0.05) is 26.7 Å². The Morgan fingerprint density at radius 3 is 2.68 bits per heavy atom. The number of nitrogens with zero attached hydrogens (tertiary/aromatic N) is 1. The summed E-state index contributed by atoms with van der Waals surface area (Å²) in [5.74, 6) is -1.50. The van der Waals surface area contributed by atoms with Crippen LogP contribution in [0.25, 0.3) is 0 Å². The monoisotopic (exact) mass is 343 g/mol. The van der Waals surface area contributed by atoms with Crippen LogP contribution in [0.5, 0.6) is 0 Å². The van der Waals surface area contributed by atoms with Crippen LogP contribution in [0.3, 0.4) is 0 Å². The van der Waals surface area contributed by atoms with Crippen molar-refractivity contribution in [2.45, 2.75) is 38.3 Å². The molecule has 1 amide bonds. The maximum Gasteiger partial charge on any atom is 0.309 e. The number of hydrogen-bond acceptors (Lipinski definition) is 3. The predicted molar refractivity (Wildman–Crippen MR) is 75.1 cm³/mol. The molecule has 3 rings (SSSR count). The summed E-state index contributed by atoms with van der Waals surface area (Å²) in [6.07, 6.45) is 2.13. The SMILES string of the molecule is Cc1sc(C2C(C(=O)O)CC(=O)N2C2CC2)cc1Br. The smallest absolute Gasteiger partial charge is 0.309 e.